The Kier molecular flexibility index (Phi) is 5.09. The molecule has 2 heterocycles. The van der Waals surface area contributed by atoms with E-state index in [-0.39, 0.29) is 11.9 Å². The van der Waals surface area contributed by atoms with Gasteiger partial charge in [0.15, 0.2) is 11.5 Å². The first-order chi connectivity index (χ1) is 12.2. The number of aliphatic imine (C=N–C) groups is 1. The van der Waals surface area contributed by atoms with E-state index in [0.717, 1.165) is 23.5 Å². The fourth-order valence-corrected chi connectivity index (χ4v) is 2.72. The Bertz CT molecular complexity index is 834. The lowest BCUT2D eigenvalue weighted by atomic mass is 10.1. The molecule has 2 N–H and O–H groups in total. The summed E-state index contributed by atoms with van der Waals surface area (Å²) in [7, 11) is 0. The van der Waals surface area contributed by atoms with E-state index in [1.165, 1.54) is 0 Å². The second kappa shape index (κ2) is 7.61. The van der Waals surface area contributed by atoms with E-state index in [1.807, 2.05) is 42.5 Å². The lowest BCUT2D eigenvalue weighted by Crippen LogP contribution is -2.39. The van der Waals surface area contributed by atoms with Crippen LogP contribution < -0.4 is 10.6 Å². The number of hydrogen-bond acceptors (Lipinski definition) is 6. The van der Waals surface area contributed by atoms with Gasteiger partial charge < -0.3 is 10.6 Å². The van der Waals surface area contributed by atoms with Crippen molar-refractivity contribution in [1.29, 1.82) is 0 Å². The van der Waals surface area contributed by atoms with Crippen molar-refractivity contribution in [2.75, 3.05) is 17.2 Å². The maximum Gasteiger partial charge on any atom is 0.197 e. The Hall–Kier alpha value is -3.15. The van der Waals surface area contributed by atoms with E-state index in [0.29, 0.717) is 12.2 Å². The van der Waals surface area contributed by atoms with Gasteiger partial charge in [0, 0.05) is 0 Å². The van der Waals surface area contributed by atoms with E-state index in [9.17, 15) is 0 Å². The minimum Gasteiger partial charge on any atom is -0.379 e. The highest BCUT2D eigenvalue weighted by Crippen LogP contribution is 2.35. The number of benzene rings is 1. The first kappa shape index (κ1) is 16.7. The number of nitrogens with zero attached hydrogens (tertiary/aromatic N) is 4. The summed E-state index contributed by atoms with van der Waals surface area (Å²) in [4.78, 5) is 6.89. The molecule has 6 heteroatoms. The van der Waals surface area contributed by atoms with Crippen LogP contribution in [-0.2, 0) is 0 Å². The van der Waals surface area contributed by atoms with E-state index in [2.05, 4.69) is 45.9 Å². The van der Waals surface area contributed by atoms with Gasteiger partial charge in [-0.2, -0.15) is 0 Å². The highest BCUT2D eigenvalue weighted by atomic mass is 16.6. The van der Waals surface area contributed by atoms with Gasteiger partial charge in [0.05, 0.1) is 29.7 Å². The minimum absolute atomic E-state index is 0.00856. The first-order valence-corrected chi connectivity index (χ1v) is 8.22. The molecule has 6 nitrogen and oxygen atoms in total. The monoisotopic (exact) mass is 335 g/mol. The molecule has 0 saturated carbocycles. The molecular formula is C19H21N5O. The average Bonchev–Trinajstić information content (AvgIpc) is 3.07. The van der Waals surface area contributed by atoms with Crippen molar-refractivity contribution in [2.24, 2.45) is 4.99 Å². The van der Waals surface area contributed by atoms with Gasteiger partial charge in [-0.25, -0.2) is 9.62 Å². The molecule has 1 aromatic heterocycles. The smallest absolute Gasteiger partial charge is 0.197 e. The third-order valence-corrected chi connectivity index (χ3v) is 3.95. The molecule has 1 aliphatic heterocycles. The van der Waals surface area contributed by atoms with Crippen LogP contribution in [0.5, 0.6) is 0 Å². The molecular weight excluding hydrogens is 314 g/mol. The molecule has 1 atom stereocenters. The van der Waals surface area contributed by atoms with Crippen molar-refractivity contribution >= 4 is 22.9 Å². The van der Waals surface area contributed by atoms with Gasteiger partial charge in [-0.3, -0.25) is 0 Å². The van der Waals surface area contributed by atoms with Crippen LogP contribution in [0.4, 0.5) is 17.2 Å². The molecule has 3 rings (SSSR count). The molecule has 1 aromatic carbocycles. The summed E-state index contributed by atoms with van der Waals surface area (Å²) >= 11 is 0. The second-order valence-electron chi connectivity index (χ2n) is 5.62. The summed E-state index contributed by atoms with van der Waals surface area (Å²) in [6.45, 7) is 6.63. The zero-order valence-electron chi connectivity index (χ0n) is 14.2. The second-order valence-corrected chi connectivity index (χ2v) is 5.62. The fraction of sp³-hybridized carbons (Fsp3) is 0.211. The molecule has 0 amide bonds. The van der Waals surface area contributed by atoms with E-state index >= 15 is 0 Å². The Labute approximate surface area is 147 Å². The topological polar surface area (TPSA) is 80.5 Å². The van der Waals surface area contributed by atoms with Crippen LogP contribution in [0.25, 0.3) is 0 Å². The fourth-order valence-electron chi connectivity index (χ4n) is 2.72. The van der Waals surface area contributed by atoms with Gasteiger partial charge in [-0.15, -0.1) is 6.58 Å². The molecule has 128 valence electrons. The lowest BCUT2D eigenvalue weighted by molar-refractivity contribution is 0.308. The number of allylic oxidation sites excluding steroid dienone is 3. The minimum atomic E-state index is 0.00856. The molecule has 0 radical (unpaired) electrons. The SMILES string of the molecule is C=CC(C=C/C=C\CC)N1CC(c2nonc2N)=Nc2ccccc21. The highest BCUT2D eigenvalue weighted by molar-refractivity contribution is 6.08. The number of fused-ring (bicyclic) bond motifs is 1. The Morgan fingerprint density at radius 2 is 2.16 bits per heavy atom. The van der Waals surface area contributed by atoms with Crippen LogP contribution in [0.2, 0.25) is 0 Å². The molecule has 0 saturated heterocycles. The van der Waals surface area contributed by atoms with Crippen LogP contribution in [0.1, 0.15) is 19.0 Å². The van der Waals surface area contributed by atoms with Gasteiger partial charge in [0.2, 0.25) is 0 Å². The molecule has 1 aliphatic rings. The van der Waals surface area contributed by atoms with Gasteiger partial charge >= 0.3 is 0 Å². The molecule has 25 heavy (non-hydrogen) atoms. The summed E-state index contributed by atoms with van der Waals surface area (Å²) in [5.41, 5.74) is 8.95. The third kappa shape index (κ3) is 3.52. The first-order valence-electron chi connectivity index (χ1n) is 8.22. The normalized spacial score (nSPS) is 15.4. The number of anilines is 2. The molecule has 0 bridgehead atoms. The molecule has 0 spiro atoms. The van der Waals surface area contributed by atoms with Crippen LogP contribution in [-0.4, -0.2) is 28.6 Å². The van der Waals surface area contributed by atoms with Gasteiger partial charge in [-0.1, -0.05) is 49.4 Å². The predicted molar refractivity (Wildman–Crippen MR) is 101 cm³/mol. The van der Waals surface area contributed by atoms with Crippen molar-refractivity contribution in [3.8, 4) is 0 Å². The maximum atomic E-state index is 5.85. The summed E-state index contributed by atoms with van der Waals surface area (Å²) < 4.78 is 4.73. The predicted octanol–water partition coefficient (Wildman–Crippen LogP) is 3.67. The largest absolute Gasteiger partial charge is 0.379 e. The van der Waals surface area contributed by atoms with Crippen molar-refractivity contribution in [2.45, 2.75) is 19.4 Å². The number of para-hydroxylation sites is 2. The van der Waals surface area contributed by atoms with E-state index < -0.39 is 0 Å². The Morgan fingerprint density at radius 3 is 2.88 bits per heavy atom. The van der Waals surface area contributed by atoms with Crippen LogP contribution in [0, 0.1) is 0 Å². The zero-order valence-corrected chi connectivity index (χ0v) is 14.2. The molecule has 1 unspecified atom stereocenters. The van der Waals surface area contributed by atoms with Crippen molar-refractivity contribution < 1.29 is 4.63 Å². The number of nitrogens with two attached hydrogens (primary N) is 1. The molecule has 0 fully saturated rings. The number of nitrogen functional groups attached to an aromatic ring is 1. The average molecular weight is 335 g/mol. The van der Waals surface area contributed by atoms with Crippen LogP contribution in [0.15, 0.2) is 70.8 Å². The van der Waals surface area contributed by atoms with Gasteiger partial charge in [0.25, 0.3) is 0 Å². The molecule has 0 aliphatic carbocycles. The van der Waals surface area contributed by atoms with E-state index in [1.54, 1.807) is 0 Å². The van der Waals surface area contributed by atoms with Crippen molar-refractivity contribution in [1.82, 2.24) is 10.3 Å². The summed E-state index contributed by atoms with van der Waals surface area (Å²) in [6.07, 6.45) is 11.2. The quantitative estimate of drug-likeness (QED) is 0.643. The highest BCUT2D eigenvalue weighted by Gasteiger charge is 2.26. The number of aromatic nitrogens is 2. The Balaban J connectivity index is 1.98. The molecule has 2 aromatic rings. The summed E-state index contributed by atoms with van der Waals surface area (Å²) in [5.74, 6) is 0.245. The summed E-state index contributed by atoms with van der Waals surface area (Å²) in [6, 6.07) is 7.97. The summed E-state index contributed by atoms with van der Waals surface area (Å²) in [5, 5.41) is 7.55. The maximum absolute atomic E-state index is 5.85. The van der Waals surface area contributed by atoms with Crippen molar-refractivity contribution in [3.63, 3.8) is 0 Å². The van der Waals surface area contributed by atoms with Crippen LogP contribution in [0.3, 0.4) is 0 Å². The van der Waals surface area contributed by atoms with Gasteiger partial charge in [-0.05, 0) is 28.9 Å². The Morgan fingerprint density at radius 1 is 1.32 bits per heavy atom. The standard InChI is InChI=1S/C19H21N5O/c1-3-5-6-7-10-14(4-2)24-13-16(18-19(20)23-25-22-18)21-15-11-8-9-12-17(15)24/h4-12,14H,2-3,13H2,1H3,(H2,20,23)/b6-5-,10-7?. The number of hydrogen-bond donors (Lipinski definition) is 1. The lowest BCUT2D eigenvalue weighted by Gasteiger charge is -2.34. The van der Waals surface area contributed by atoms with Gasteiger partial charge in [0.1, 0.15) is 0 Å². The van der Waals surface area contributed by atoms with Crippen LogP contribution >= 0.6 is 0 Å². The van der Waals surface area contributed by atoms with Crippen molar-refractivity contribution in [3.05, 3.63) is 66.9 Å². The zero-order chi connectivity index (χ0) is 17.6. The number of rotatable bonds is 6. The third-order valence-electron chi connectivity index (χ3n) is 3.95. The van der Waals surface area contributed by atoms with E-state index in [4.69, 9.17) is 10.4 Å².